The number of urea groups is 1. The van der Waals surface area contributed by atoms with E-state index in [0.29, 0.717) is 41.2 Å². The van der Waals surface area contributed by atoms with Crippen LogP contribution >= 0.6 is 11.6 Å². The number of benzene rings is 2. The number of carbonyl (C=O) groups excluding carboxylic acids is 2. The van der Waals surface area contributed by atoms with Gasteiger partial charge in [-0.25, -0.2) is 9.78 Å². The highest BCUT2D eigenvalue weighted by Gasteiger charge is 2.42. The van der Waals surface area contributed by atoms with Gasteiger partial charge in [0.05, 0.1) is 24.5 Å². The van der Waals surface area contributed by atoms with Crippen molar-refractivity contribution in [1.29, 1.82) is 0 Å². The van der Waals surface area contributed by atoms with Crippen LogP contribution in [0, 0.1) is 5.41 Å². The van der Waals surface area contributed by atoms with Gasteiger partial charge in [-0.15, -0.1) is 0 Å². The molecule has 2 aromatic carbocycles. The van der Waals surface area contributed by atoms with Crippen molar-refractivity contribution in [1.82, 2.24) is 9.97 Å². The maximum atomic E-state index is 13.1. The highest BCUT2D eigenvalue weighted by atomic mass is 35.5. The van der Waals surface area contributed by atoms with Gasteiger partial charge in [0, 0.05) is 27.3 Å². The second-order valence-corrected chi connectivity index (χ2v) is 8.72. The molecule has 34 heavy (non-hydrogen) atoms. The molecule has 3 N–H and O–H groups in total. The van der Waals surface area contributed by atoms with Crippen LogP contribution in [0.15, 0.2) is 54.9 Å². The molecular formula is C25H23ClN4O4. The Labute approximate surface area is 201 Å². The summed E-state index contributed by atoms with van der Waals surface area (Å²) >= 11 is 5.92. The van der Waals surface area contributed by atoms with Gasteiger partial charge in [-0.1, -0.05) is 36.7 Å². The number of nitrogens with zero attached hydrogens (tertiary/aromatic N) is 2. The zero-order chi connectivity index (χ0) is 24.3. The number of rotatable bonds is 6. The molecule has 0 saturated heterocycles. The highest BCUT2D eigenvalue weighted by Crippen LogP contribution is 2.41. The average Bonchev–Trinajstić information content (AvgIpc) is 2.81. The summed E-state index contributed by atoms with van der Waals surface area (Å²) in [6.45, 7) is 1.86. The summed E-state index contributed by atoms with van der Waals surface area (Å²) in [5.41, 5.74) is 2.53. The minimum Gasteiger partial charge on any atom is -0.481 e. The van der Waals surface area contributed by atoms with Gasteiger partial charge in [-0.2, -0.15) is 0 Å². The Balaban J connectivity index is 1.47. The lowest BCUT2D eigenvalue weighted by Gasteiger charge is -2.34. The van der Waals surface area contributed by atoms with Gasteiger partial charge in [0.2, 0.25) is 0 Å². The molecule has 1 unspecified atom stereocenters. The molecule has 0 saturated carbocycles. The largest absolute Gasteiger partial charge is 0.481 e. The topological polar surface area (TPSA) is 121 Å². The van der Waals surface area contributed by atoms with Crippen molar-refractivity contribution in [2.24, 2.45) is 5.41 Å². The summed E-state index contributed by atoms with van der Waals surface area (Å²) in [7, 11) is 0. The number of carboxylic acid groups (broad SMARTS) is 1. The number of carboxylic acids is 1. The van der Waals surface area contributed by atoms with E-state index < -0.39 is 17.4 Å². The monoisotopic (exact) mass is 478 g/mol. The predicted molar refractivity (Wildman–Crippen MR) is 129 cm³/mol. The van der Waals surface area contributed by atoms with E-state index >= 15 is 0 Å². The van der Waals surface area contributed by atoms with Gasteiger partial charge in [-0.05, 0) is 49.1 Å². The van der Waals surface area contributed by atoms with Crippen LogP contribution in [0.2, 0.25) is 5.02 Å². The standard InChI is InChI=1S/C25H23ClN4O4/c1-2-25(12-22(31)32)9-8-15-10-16(6-7-19(15)23(25)33)20-13-28-21(14-27-20)30-24(34)29-18-5-3-4-17(26)11-18/h3-7,10-11,13-14H,2,8-9,12H2,1H3,(H,31,32)(H2,28,29,30,34). The summed E-state index contributed by atoms with van der Waals surface area (Å²) in [5.74, 6) is -0.792. The molecule has 1 aliphatic rings. The lowest BCUT2D eigenvalue weighted by Crippen LogP contribution is -2.37. The molecular weight excluding hydrogens is 456 g/mol. The fraction of sp³-hybridized carbons (Fsp3) is 0.240. The third-order valence-corrected chi connectivity index (χ3v) is 6.38. The van der Waals surface area contributed by atoms with E-state index in [4.69, 9.17) is 11.6 Å². The fourth-order valence-corrected chi connectivity index (χ4v) is 4.45. The third kappa shape index (κ3) is 4.92. The average molecular weight is 479 g/mol. The summed E-state index contributed by atoms with van der Waals surface area (Å²) in [6.07, 6.45) is 4.45. The molecule has 9 heteroatoms. The Morgan fingerprint density at radius 3 is 2.62 bits per heavy atom. The number of amides is 2. The quantitative estimate of drug-likeness (QED) is 0.433. The van der Waals surface area contributed by atoms with Crippen LogP contribution in [-0.4, -0.2) is 32.9 Å². The Morgan fingerprint density at radius 2 is 1.94 bits per heavy atom. The summed E-state index contributed by atoms with van der Waals surface area (Å²) in [5, 5.41) is 15.1. The van der Waals surface area contributed by atoms with Crippen LogP contribution in [0.5, 0.6) is 0 Å². The van der Waals surface area contributed by atoms with Gasteiger partial charge in [0.15, 0.2) is 11.6 Å². The Bertz CT molecular complexity index is 1260. The normalized spacial score (nSPS) is 17.1. The van der Waals surface area contributed by atoms with E-state index in [0.717, 1.165) is 11.1 Å². The van der Waals surface area contributed by atoms with E-state index in [-0.39, 0.29) is 18.0 Å². The summed E-state index contributed by atoms with van der Waals surface area (Å²) < 4.78 is 0. The first-order valence-electron chi connectivity index (χ1n) is 10.9. The zero-order valence-electron chi connectivity index (χ0n) is 18.5. The predicted octanol–water partition coefficient (Wildman–Crippen LogP) is 5.44. The molecule has 8 nitrogen and oxygen atoms in total. The van der Waals surface area contributed by atoms with E-state index in [1.54, 1.807) is 42.6 Å². The number of Topliss-reactive ketones (excluding diaryl/α,β-unsaturated/α-hetero) is 1. The molecule has 1 aliphatic carbocycles. The number of nitrogens with one attached hydrogen (secondary N) is 2. The van der Waals surface area contributed by atoms with Crippen molar-refractivity contribution >= 4 is 40.9 Å². The number of hydrogen-bond donors (Lipinski definition) is 3. The van der Waals surface area contributed by atoms with Gasteiger partial charge in [-0.3, -0.25) is 19.9 Å². The number of aromatic nitrogens is 2. The van der Waals surface area contributed by atoms with Crippen LogP contribution in [0.25, 0.3) is 11.3 Å². The molecule has 1 atom stereocenters. The highest BCUT2D eigenvalue weighted by molar-refractivity contribution is 6.30. The summed E-state index contributed by atoms with van der Waals surface area (Å²) in [4.78, 5) is 45.3. The first kappa shape index (κ1) is 23.4. The number of fused-ring (bicyclic) bond motifs is 1. The Morgan fingerprint density at radius 1 is 1.12 bits per heavy atom. The molecule has 1 heterocycles. The van der Waals surface area contributed by atoms with Crippen LogP contribution in [0.3, 0.4) is 0 Å². The molecule has 0 bridgehead atoms. The van der Waals surface area contributed by atoms with Gasteiger partial charge in [0.1, 0.15) is 0 Å². The van der Waals surface area contributed by atoms with Crippen LogP contribution in [0.1, 0.15) is 42.1 Å². The third-order valence-electron chi connectivity index (χ3n) is 6.14. The molecule has 0 spiro atoms. The van der Waals surface area contributed by atoms with Gasteiger partial charge in [0.25, 0.3) is 0 Å². The summed E-state index contributed by atoms with van der Waals surface area (Å²) in [6, 6.07) is 11.7. The van der Waals surface area contributed by atoms with Crippen molar-refractivity contribution in [3.05, 3.63) is 71.0 Å². The van der Waals surface area contributed by atoms with Gasteiger partial charge < -0.3 is 10.4 Å². The molecule has 1 aromatic heterocycles. The van der Waals surface area contributed by atoms with Crippen LogP contribution in [-0.2, 0) is 11.2 Å². The van der Waals surface area contributed by atoms with Crippen LogP contribution < -0.4 is 10.6 Å². The fourth-order valence-electron chi connectivity index (χ4n) is 4.26. The Kier molecular flexibility index (Phi) is 6.61. The lowest BCUT2D eigenvalue weighted by atomic mass is 9.67. The number of ketones is 1. The first-order valence-corrected chi connectivity index (χ1v) is 11.2. The first-order chi connectivity index (χ1) is 16.3. The van der Waals surface area contributed by atoms with Crippen molar-refractivity contribution in [2.45, 2.75) is 32.6 Å². The maximum absolute atomic E-state index is 13.1. The van der Waals surface area contributed by atoms with Crippen LogP contribution in [0.4, 0.5) is 16.3 Å². The Hall–Kier alpha value is -3.78. The molecule has 0 fully saturated rings. The van der Waals surface area contributed by atoms with Crippen molar-refractivity contribution in [3.8, 4) is 11.3 Å². The molecule has 2 amide bonds. The lowest BCUT2D eigenvalue weighted by molar-refractivity contribution is -0.139. The molecule has 174 valence electrons. The zero-order valence-corrected chi connectivity index (χ0v) is 19.2. The number of hydrogen-bond acceptors (Lipinski definition) is 5. The number of carbonyl (C=O) groups is 3. The minimum absolute atomic E-state index is 0.110. The molecule has 4 rings (SSSR count). The molecule has 0 aliphatic heterocycles. The smallest absolute Gasteiger partial charge is 0.324 e. The number of anilines is 2. The SMILES string of the molecule is CCC1(CC(=O)O)CCc2cc(-c3cnc(NC(=O)Nc4cccc(Cl)c4)cn3)ccc2C1=O. The molecule has 3 aromatic rings. The van der Waals surface area contributed by atoms with E-state index in [1.165, 1.54) is 6.20 Å². The number of halogens is 1. The van der Waals surface area contributed by atoms with E-state index in [1.807, 2.05) is 13.0 Å². The van der Waals surface area contributed by atoms with Crippen molar-refractivity contribution < 1.29 is 19.5 Å². The number of aryl methyl sites for hydroxylation is 1. The van der Waals surface area contributed by atoms with Gasteiger partial charge >= 0.3 is 12.0 Å². The maximum Gasteiger partial charge on any atom is 0.324 e. The second kappa shape index (κ2) is 9.61. The number of aliphatic carboxylic acids is 1. The minimum atomic E-state index is -0.958. The molecule has 0 radical (unpaired) electrons. The van der Waals surface area contributed by atoms with E-state index in [9.17, 15) is 19.5 Å². The van der Waals surface area contributed by atoms with Crippen molar-refractivity contribution in [2.75, 3.05) is 10.6 Å². The van der Waals surface area contributed by atoms with Crippen molar-refractivity contribution in [3.63, 3.8) is 0 Å². The van der Waals surface area contributed by atoms with E-state index in [2.05, 4.69) is 20.6 Å². The second-order valence-electron chi connectivity index (χ2n) is 8.28.